The van der Waals surface area contributed by atoms with Crippen LogP contribution in [0.5, 0.6) is 0 Å². The van der Waals surface area contributed by atoms with E-state index >= 15 is 0 Å². The third-order valence-corrected chi connectivity index (χ3v) is 2.88. The minimum atomic E-state index is -0.884. The maximum absolute atomic E-state index is 11.9. The lowest BCUT2D eigenvalue weighted by Gasteiger charge is -2.30. The average molecular weight is 249 g/mol. The van der Waals surface area contributed by atoms with Crippen molar-refractivity contribution in [1.29, 1.82) is 0 Å². The molecule has 2 N–H and O–H groups in total. The van der Waals surface area contributed by atoms with Gasteiger partial charge in [-0.15, -0.1) is 0 Å². The highest BCUT2D eigenvalue weighted by atomic mass is 16.4. The fourth-order valence-electron chi connectivity index (χ4n) is 1.93. The van der Waals surface area contributed by atoms with Gasteiger partial charge in [0.2, 0.25) is 0 Å². The van der Waals surface area contributed by atoms with Crippen LogP contribution in [0.25, 0.3) is 0 Å². The highest BCUT2D eigenvalue weighted by Gasteiger charge is 2.26. The first-order valence-electron chi connectivity index (χ1n) is 5.79. The maximum Gasteiger partial charge on any atom is 0.322 e. The number of nitrogens with one attached hydrogen (secondary N) is 1. The first-order chi connectivity index (χ1) is 8.66. The SMILES string of the molecule is O=C(CN1CCN[C@@H](C(=O)O)C1)c1ccccn1. The third kappa shape index (κ3) is 3.12. The monoisotopic (exact) mass is 249 g/mol. The number of ketones is 1. The summed E-state index contributed by atoms with van der Waals surface area (Å²) >= 11 is 0. The number of Topliss-reactive ketones (excluding diaryl/α,β-unsaturated/α-hetero) is 1. The van der Waals surface area contributed by atoms with E-state index in [1.165, 1.54) is 0 Å². The normalized spacial score (nSPS) is 20.6. The number of carbonyl (C=O) groups excluding carboxylic acids is 1. The lowest BCUT2D eigenvalue weighted by atomic mass is 10.2. The number of aromatic nitrogens is 1. The van der Waals surface area contributed by atoms with Crippen molar-refractivity contribution < 1.29 is 14.7 Å². The van der Waals surface area contributed by atoms with E-state index in [4.69, 9.17) is 5.11 Å². The number of piperazine rings is 1. The van der Waals surface area contributed by atoms with Crippen molar-refractivity contribution in [3.05, 3.63) is 30.1 Å². The highest BCUT2D eigenvalue weighted by molar-refractivity contribution is 5.95. The molecule has 1 saturated heterocycles. The van der Waals surface area contributed by atoms with Crippen LogP contribution < -0.4 is 5.32 Å². The molecular formula is C12H15N3O3. The van der Waals surface area contributed by atoms with Crippen molar-refractivity contribution >= 4 is 11.8 Å². The molecule has 0 spiro atoms. The van der Waals surface area contributed by atoms with Crippen molar-refractivity contribution in [1.82, 2.24) is 15.2 Å². The number of pyridine rings is 1. The Hall–Kier alpha value is -1.79. The van der Waals surface area contributed by atoms with Gasteiger partial charge in [0.15, 0.2) is 5.78 Å². The summed E-state index contributed by atoms with van der Waals surface area (Å²) in [6, 6.07) is 4.58. The number of hydrogen-bond donors (Lipinski definition) is 2. The van der Waals surface area contributed by atoms with Crippen molar-refractivity contribution in [3.63, 3.8) is 0 Å². The highest BCUT2D eigenvalue weighted by Crippen LogP contribution is 2.03. The second-order valence-corrected chi connectivity index (χ2v) is 4.22. The largest absolute Gasteiger partial charge is 0.480 e. The fraction of sp³-hybridized carbons (Fsp3) is 0.417. The van der Waals surface area contributed by atoms with Crippen LogP contribution in [0.4, 0.5) is 0 Å². The minimum absolute atomic E-state index is 0.0818. The van der Waals surface area contributed by atoms with Crippen LogP contribution in [0.2, 0.25) is 0 Å². The van der Waals surface area contributed by atoms with E-state index < -0.39 is 12.0 Å². The van der Waals surface area contributed by atoms with Gasteiger partial charge in [-0.05, 0) is 12.1 Å². The summed E-state index contributed by atoms with van der Waals surface area (Å²) in [5, 5.41) is 11.8. The molecule has 1 aliphatic rings. The molecule has 0 bridgehead atoms. The van der Waals surface area contributed by atoms with Crippen molar-refractivity contribution in [2.24, 2.45) is 0 Å². The molecule has 0 amide bonds. The molecule has 1 atom stereocenters. The minimum Gasteiger partial charge on any atom is -0.480 e. The molecular weight excluding hydrogens is 234 g/mol. The summed E-state index contributed by atoms with van der Waals surface area (Å²) < 4.78 is 0. The van der Waals surface area contributed by atoms with Crippen LogP contribution in [-0.4, -0.2) is 59.0 Å². The van der Waals surface area contributed by atoms with Gasteiger partial charge in [0.25, 0.3) is 0 Å². The van der Waals surface area contributed by atoms with E-state index in [9.17, 15) is 9.59 Å². The van der Waals surface area contributed by atoms with Gasteiger partial charge in [0.05, 0.1) is 6.54 Å². The molecule has 2 heterocycles. The van der Waals surface area contributed by atoms with E-state index in [0.29, 0.717) is 25.3 Å². The van der Waals surface area contributed by atoms with Gasteiger partial charge in [0, 0.05) is 25.8 Å². The zero-order chi connectivity index (χ0) is 13.0. The van der Waals surface area contributed by atoms with E-state index in [1.54, 1.807) is 24.4 Å². The predicted molar refractivity (Wildman–Crippen MR) is 64.4 cm³/mol. The zero-order valence-electron chi connectivity index (χ0n) is 9.87. The van der Waals surface area contributed by atoms with E-state index in [0.717, 1.165) is 0 Å². The second kappa shape index (κ2) is 5.70. The summed E-state index contributed by atoms with van der Waals surface area (Å²) in [5.74, 6) is -0.966. The molecule has 1 fully saturated rings. The number of carboxylic acids is 1. The molecule has 6 nitrogen and oxygen atoms in total. The smallest absolute Gasteiger partial charge is 0.322 e. The zero-order valence-corrected chi connectivity index (χ0v) is 9.87. The Morgan fingerprint density at radius 3 is 3.00 bits per heavy atom. The number of carboxylic acid groups (broad SMARTS) is 1. The number of carbonyl (C=O) groups is 2. The Kier molecular flexibility index (Phi) is 4.01. The standard InChI is InChI=1S/C12H15N3O3/c16-11(9-3-1-2-4-13-9)8-15-6-5-14-10(7-15)12(17)18/h1-4,10,14H,5-8H2,(H,17,18)/t10-/m1/s1. The van der Waals surface area contributed by atoms with Crippen molar-refractivity contribution in [2.45, 2.75) is 6.04 Å². The van der Waals surface area contributed by atoms with Crippen LogP contribution in [0.15, 0.2) is 24.4 Å². The van der Waals surface area contributed by atoms with Crippen LogP contribution in [0, 0.1) is 0 Å². The third-order valence-electron chi connectivity index (χ3n) is 2.88. The molecule has 18 heavy (non-hydrogen) atoms. The van der Waals surface area contributed by atoms with Crippen LogP contribution in [0.1, 0.15) is 10.5 Å². The van der Waals surface area contributed by atoms with Gasteiger partial charge in [-0.2, -0.15) is 0 Å². The molecule has 0 radical (unpaired) electrons. The topological polar surface area (TPSA) is 82.5 Å². The van der Waals surface area contributed by atoms with Gasteiger partial charge < -0.3 is 10.4 Å². The Bertz CT molecular complexity index is 435. The van der Waals surface area contributed by atoms with Crippen molar-refractivity contribution in [2.75, 3.05) is 26.2 Å². The fourth-order valence-corrected chi connectivity index (χ4v) is 1.93. The first kappa shape index (κ1) is 12.7. The van der Waals surface area contributed by atoms with Gasteiger partial charge >= 0.3 is 5.97 Å². The molecule has 1 aromatic heterocycles. The lowest BCUT2D eigenvalue weighted by Crippen LogP contribution is -2.55. The summed E-state index contributed by atoms with van der Waals surface area (Å²) in [6.45, 7) is 1.80. The number of aliphatic carboxylic acids is 1. The van der Waals surface area contributed by atoms with Crippen LogP contribution in [-0.2, 0) is 4.79 Å². The summed E-state index contributed by atoms with van der Waals surface area (Å²) in [7, 11) is 0. The maximum atomic E-state index is 11.9. The molecule has 96 valence electrons. The molecule has 1 aromatic rings. The second-order valence-electron chi connectivity index (χ2n) is 4.22. The predicted octanol–water partition coefficient (Wildman–Crippen LogP) is -0.377. The van der Waals surface area contributed by atoms with Gasteiger partial charge in [0.1, 0.15) is 11.7 Å². The lowest BCUT2D eigenvalue weighted by molar-refractivity contribution is -0.140. The van der Waals surface area contributed by atoms with E-state index in [1.807, 2.05) is 4.90 Å². The van der Waals surface area contributed by atoms with Crippen LogP contribution in [0.3, 0.4) is 0 Å². The average Bonchev–Trinajstić information content (AvgIpc) is 2.40. The van der Waals surface area contributed by atoms with E-state index in [2.05, 4.69) is 10.3 Å². The van der Waals surface area contributed by atoms with Gasteiger partial charge in [-0.3, -0.25) is 19.5 Å². The van der Waals surface area contributed by atoms with E-state index in [-0.39, 0.29) is 12.3 Å². The van der Waals surface area contributed by atoms with Gasteiger partial charge in [-0.1, -0.05) is 6.07 Å². The summed E-state index contributed by atoms with van der Waals surface area (Å²) in [5.41, 5.74) is 0.419. The number of nitrogens with zero attached hydrogens (tertiary/aromatic N) is 2. The van der Waals surface area contributed by atoms with Gasteiger partial charge in [-0.25, -0.2) is 0 Å². The number of rotatable bonds is 4. The molecule has 0 unspecified atom stereocenters. The Morgan fingerprint density at radius 1 is 1.50 bits per heavy atom. The first-order valence-corrected chi connectivity index (χ1v) is 5.79. The molecule has 0 aliphatic carbocycles. The molecule has 0 aromatic carbocycles. The quantitative estimate of drug-likeness (QED) is 0.708. The molecule has 1 aliphatic heterocycles. The molecule has 0 saturated carbocycles. The molecule has 6 heteroatoms. The van der Waals surface area contributed by atoms with Crippen LogP contribution >= 0.6 is 0 Å². The Morgan fingerprint density at radius 2 is 2.33 bits per heavy atom. The Balaban J connectivity index is 1.93. The summed E-state index contributed by atoms with van der Waals surface area (Å²) in [6.07, 6.45) is 1.57. The van der Waals surface area contributed by atoms with Crippen molar-refractivity contribution in [3.8, 4) is 0 Å². The molecule has 2 rings (SSSR count). The Labute approximate surface area is 105 Å². The summed E-state index contributed by atoms with van der Waals surface area (Å²) in [4.78, 5) is 28.6. The number of hydrogen-bond acceptors (Lipinski definition) is 5.